The van der Waals surface area contributed by atoms with Crippen molar-refractivity contribution in [2.24, 2.45) is 0 Å². The minimum atomic E-state index is -6.00. The van der Waals surface area contributed by atoms with Gasteiger partial charge in [0, 0.05) is 28.2 Å². The molecule has 0 saturated heterocycles. The maximum Gasteiger partial charge on any atom is 0.673 e. The van der Waals surface area contributed by atoms with E-state index >= 15 is 0 Å². The van der Waals surface area contributed by atoms with E-state index in [1.807, 2.05) is 12.1 Å². The largest absolute Gasteiger partial charge is 0.673 e. The summed E-state index contributed by atoms with van der Waals surface area (Å²) in [6.45, 7) is 0. The molecular formula is C21H14BF4NO2S3. The maximum atomic E-state index is 10.8. The smallest absolute Gasteiger partial charge is 0.418 e. The molecule has 0 N–H and O–H groups in total. The van der Waals surface area contributed by atoms with Gasteiger partial charge >= 0.3 is 10.8 Å². The number of nitro groups is 1. The summed E-state index contributed by atoms with van der Waals surface area (Å²) < 4.78 is 40.2. The molecule has 0 aliphatic carbocycles. The number of rotatable bonds is 5. The molecule has 0 aliphatic rings. The van der Waals surface area contributed by atoms with Gasteiger partial charge in [-0.25, -0.2) is 0 Å². The highest BCUT2D eigenvalue weighted by Crippen LogP contribution is 2.48. The predicted octanol–water partition coefficient (Wildman–Crippen LogP) is 8.78. The van der Waals surface area contributed by atoms with Crippen molar-refractivity contribution in [3.05, 3.63) is 95.0 Å². The maximum absolute atomic E-state index is 10.8. The van der Waals surface area contributed by atoms with Crippen molar-refractivity contribution in [1.82, 2.24) is 0 Å². The standard InChI is InChI=1S/C21H14NO2S3.BF4/c23-22(24)17-11-13-18(14-12-17)25-21-26-19(15-7-3-1-4-8-15)20(27-21)16-9-5-2-6-10-16;2-1(3,4)5/h1-14H;/q+1;-1. The molecule has 0 amide bonds. The normalized spacial score (nSPS) is 10.9. The number of nitrogens with zero attached hydrogens (tertiary/aromatic N) is 1. The average Bonchev–Trinajstić information content (AvgIpc) is 3.18. The minimum absolute atomic E-state index is 0.115. The zero-order valence-electron chi connectivity index (χ0n) is 16.2. The van der Waals surface area contributed by atoms with Crippen LogP contribution in [0.1, 0.15) is 0 Å². The third-order valence-corrected chi connectivity index (χ3v) is 7.82. The molecule has 3 nitrogen and oxygen atoms in total. The van der Waals surface area contributed by atoms with E-state index in [0.717, 1.165) is 4.90 Å². The Balaban J connectivity index is 0.000000523. The molecule has 0 unspecified atom stereocenters. The topological polar surface area (TPSA) is 43.1 Å². The first-order valence-corrected chi connectivity index (χ1v) is 11.5. The Hall–Kier alpha value is -2.76. The summed E-state index contributed by atoms with van der Waals surface area (Å²) >= 11 is 5.17. The first-order chi connectivity index (χ1) is 15.2. The SMILES string of the molecule is F[B-](F)(F)F.O=[N+]([O-])c1ccc(Sc2sc(-c3ccccc3)c(-c3ccccc3)[s+]2)cc1. The van der Waals surface area contributed by atoms with Gasteiger partial charge in [0.15, 0.2) is 9.75 Å². The monoisotopic (exact) mass is 495 g/mol. The first kappa shape index (κ1) is 23.9. The predicted molar refractivity (Wildman–Crippen MR) is 125 cm³/mol. The number of hydrogen-bond donors (Lipinski definition) is 0. The van der Waals surface area contributed by atoms with Crippen molar-refractivity contribution >= 4 is 47.4 Å². The highest BCUT2D eigenvalue weighted by molar-refractivity contribution is 8.03. The molecule has 0 spiro atoms. The number of hydrogen-bond acceptors (Lipinski definition) is 4. The highest BCUT2D eigenvalue weighted by Gasteiger charge is 2.26. The Kier molecular flexibility index (Phi) is 8.00. The Bertz CT molecular complexity index is 1110. The van der Waals surface area contributed by atoms with Crippen LogP contribution < -0.4 is 0 Å². The van der Waals surface area contributed by atoms with Gasteiger partial charge in [0.1, 0.15) is 22.7 Å². The summed E-state index contributed by atoms with van der Waals surface area (Å²) in [5, 5.41) is 10.8. The summed E-state index contributed by atoms with van der Waals surface area (Å²) in [4.78, 5) is 14.0. The van der Waals surface area contributed by atoms with E-state index in [-0.39, 0.29) is 10.6 Å². The lowest BCUT2D eigenvalue weighted by atomic mass is 10.1. The van der Waals surface area contributed by atoms with Gasteiger partial charge in [-0.15, -0.1) is 0 Å². The van der Waals surface area contributed by atoms with Crippen LogP contribution in [0.15, 0.2) is 93.3 Å². The lowest BCUT2D eigenvalue weighted by Gasteiger charge is -1.96. The molecule has 0 aliphatic heterocycles. The van der Waals surface area contributed by atoms with Crippen LogP contribution >= 0.6 is 34.4 Å². The van der Waals surface area contributed by atoms with Gasteiger partial charge in [-0.05, 0) is 23.9 Å². The molecule has 0 saturated carbocycles. The molecule has 32 heavy (non-hydrogen) atoms. The summed E-state index contributed by atoms with van der Waals surface area (Å²) in [6, 6.07) is 27.5. The molecule has 1 heterocycles. The number of non-ortho nitro benzene ring substituents is 1. The zero-order chi connectivity index (χ0) is 23.1. The van der Waals surface area contributed by atoms with E-state index < -0.39 is 7.25 Å². The average molecular weight is 495 g/mol. The third kappa shape index (κ3) is 7.15. The van der Waals surface area contributed by atoms with E-state index in [9.17, 15) is 27.4 Å². The van der Waals surface area contributed by atoms with Crippen LogP contribution in [0.3, 0.4) is 0 Å². The Morgan fingerprint density at radius 3 is 1.81 bits per heavy atom. The first-order valence-electron chi connectivity index (χ1n) is 9.08. The van der Waals surface area contributed by atoms with E-state index in [2.05, 4.69) is 48.5 Å². The molecule has 3 aromatic carbocycles. The number of nitro benzene ring substituents is 1. The molecular weight excluding hydrogens is 481 g/mol. The number of halogens is 4. The second-order valence-corrected chi connectivity index (χ2v) is 10.1. The van der Waals surface area contributed by atoms with Crippen LogP contribution in [0.25, 0.3) is 20.9 Å². The number of benzene rings is 3. The van der Waals surface area contributed by atoms with E-state index in [1.165, 1.54) is 24.4 Å². The molecule has 1 aromatic heterocycles. The fourth-order valence-electron chi connectivity index (χ4n) is 2.61. The van der Waals surface area contributed by atoms with Gasteiger partial charge in [-0.2, -0.15) is 0 Å². The van der Waals surface area contributed by atoms with Crippen LogP contribution in [0, 0.1) is 10.1 Å². The van der Waals surface area contributed by atoms with Crippen LogP contribution in [0.2, 0.25) is 0 Å². The molecule has 0 fully saturated rings. The summed E-state index contributed by atoms with van der Waals surface area (Å²) in [6.07, 6.45) is 0. The van der Waals surface area contributed by atoms with Crippen molar-refractivity contribution in [3.8, 4) is 20.9 Å². The molecule has 0 radical (unpaired) electrons. The van der Waals surface area contributed by atoms with Crippen LogP contribution in [0.4, 0.5) is 23.0 Å². The van der Waals surface area contributed by atoms with Gasteiger partial charge in [-0.3, -0.25) is 10.1 Å². The van der Waals surface area contributed by atoms with Gasteiger partial charge in [0.05, 0.1) is 4.92 Å². The van der Waals surface area contributed by atoms with Crippen LogP contribution in [-0.2, 0) is 0 Å². The second-order valence-electron chi connectivity index (χ2n) is 6.19. The van der Waals surface area contributed by atoms with Crippen molar-refractivity contribution in [2.75, 3.05) is 0 Å². The fourth-order valence-corrected chi connectivity index (χ4v) is 6.67. The molecule has 164 valence electrons. The van der Waals surface area contributed by atoms with E-state index in [4.69, 9.17) is 0 Å². The van der Waals surface area contributed by atoms with Crippen molar-refractivity contribution in [1.29, 1.82) is 0 Å². The highest BCUT2D eigenvalue weighted by atomic mass is 32.2. The molecule has 11 heteroatoms. The van der Waals surface area contributed by atoms with Crippen molar-refractivity contribution in [3.63, 3.8) is 0 Å². The second kappa shape index (κ2) is 10.7. The van der Waals surface area contributed by atoms with Gasteiger partial charge < -0.3 is 17.3 Å². The third-order valence-electron chi connectivity index (χ3n) is 3.90. The Morgan fingerprint density at radius 1 is 0.812 bits per heavy atom. The quantitative estimate of drug-likeness (QED) is 0.0914. The molecule has 4 rings (SSSR count). The van der Waals surface area contributed by atoms with E-state index in [0.29, 0.717) is 0 Å². The van der Waals surface area contributed by atoms with E-state index in [1.54, 1.807) is 58.7 Å². The molecule has 0 atom stereocenters. The van der Waals surface area contributed by atoms with Crippen LogP contribution in [-0.4, -0.2) is 12.2 Å². The fraction of sp³-hybridized carbons (Fsp3) is 0. The lowest BCUT2D eigenvalue weighted by molar-refractivity contribution is -0.384. The van der Waals surface area contributed by atoms with Gasteiger partial charge in [0.2, 0.25) is 0 Å². The van der Waals surface area contributed by atoms with Crippen molar-refractivity contribution < 1.29 is 22.2 Å². The summed E-state index contributed by atoms with van der Waals surface area (Å²) in [7, 11) is -6.00. The van der Waals surface area contributed by atoms with Gasteiger partial charge in [0.25, 0.3) is 5.69 Å². The molecule has 0 bridgehead atoms. The summed E-state index contributed by atoms with van der Waals surface area (Å²) in [5.41, 5.74) is 2.52. The Labute approximate surface area is 193 Å². The Morgan fingerprint density at radius 2 is 1.31 bits per heavy atom. The van der Waals surface area contributed by atoms with Crippen LogP contribution in [0.5, 0.6) is 0 Å². The van der Waals surface area contributed by atoms with Crippen molar-refractivity contribution in [2.45, 2.75) is 8.42 Å². The summed E-state index contributed by atoms with van der Waals surface area (Å²) in [5.74, 6) is 0. The zero-order valence-corrected chi connectivity index (χ0v) is 18.6. The lowest BCUT2D eigenvalue weighted by Crippen LogP contribution is -2.02. The molecule has 4 aromatic rings. The minimum Gasteiger partial charge on any atom is -0.418 e. The van der Waals surface area contributed by atoms with Gasteiger partial charge in [-0.1, -0.05) is 60.7 Å².